The first-order valence-corrected chi connectivity index (χ1v) is 9.45. The molecule has 0 atom stereocenters. The second kappa shape index (κ2) is 9.18. The zero-order chi connectivity index (χ0) is 21.6. The van der Waals surface area contributed by atoms with E-state index in [1.54, 1.807) is 30.3 Å². The molecule has 31 heavy (non-hydrogen) atoms. The van der Waals surface area contributed by atoms with E-state index in [0.717, 1.165) is 18.2 Å². The Morgan fingerprint density at radius 2 is 2.06 bits per heavy atom. The van der Waals surface area contributed by atoms with Gasteiger partial charge in [0.25, 0.3) is 5.91 Å². The van der Waals surface area contributed by atoms with Gasteiger partial charge in [-0.15, -0.1) is 0 Å². The summed E-state index contributed by atoms with van der Waals surface area (Å²) in [4.78, 5) is 33.7. The Hall–Kier alpha value is -4.05. The van der Waals surface area contributed by atoms with E-state index in [0.29, 0.717) is 29.4 Å². The zero-order valence-electron chi connectivity index (χ0n) is 16.6. The minimum atomic E-state index is -0.607. The highest BCUT2D eigenvalue weighted by molar-refractivity contribution is 6.26. The standard InChI is InChI=1S/C21H19FN6O3/c1-23-19(29)12-24-14-3-2-4-15(9-14)27-21-25-11-17(22)20(28-21)26-16-6-5-13-7-8-30-31-18(13)10-16/h2-6,9-12H,7-8H2,1H3,(H,23,29)(H2,25,26,27,28). The van der Waals surface area contributed by atoms with Crippen LogP contribution in [-0.2, 0) is 16.1 Å². The molecule has 1 aromatic heterocycles. The molecule has 0 spiro atoms. The Labute approximate surface area is 177 Å². The summed E-state index contributed by atoms with van der Waals surface area (Å²) in [6.45, 7) is 0.494. The molecule has 1 amide bonds. The van der Waals surface area contributed by atoms with Gasteiger partial charge in [0.05, 0.1) is 24.7 Å². The Morgan fingerprint density at radius 3 is 2.94 bits per heavy atom. The number of nitrogens with one attached hydrogen (secondary N) is 3. The van der Waals surface area contributed by atoms with Crippen molar-refractivity contribution in [2.75, 3.05) is 24.3 Å². The van der Waals surface area contributed by atoms with Crippen LogP contribution >= 0.6 is 0 Å². The highest BCUT2D eigenvalue weighted by Crippen LogP contribution is 2.29. The molecule has 158 valence electrons. The van der Waals surface area contributed by atoms with Gasteiger partial charge < -0.3 is 20.8 Å². The van der Waals surface area contributed by atoms with Gasteiger partial charge in [-0.1, -0.05) is 12.1 Å². The fourth-order valence-electron chi connectivity index (χ4n) is 2.82. The van der Waals surface area contributed by atoms with E-state index < -0.39 is 5.82 Å². The summed E-state index contributed by atoms with van der Waals surface area (Å²) in [5.41, 5.74) is 2.80. The van der Waals surface area contributed by atoms with E-state index in [2.05, 4.69) is 30.9 Å². The predicted molar refractivity (Wildman–Crippen MR) is 114 cm³/mol. The van der Waals surface area contributed by atoms with Crippen LogP contribution in [0, 0.1) is 5.82 Å². The number of hydrogen-bond acceptors (Lipinski definition) is 8. The van der Waals surface area contributed by atoms with Gasteiger partial charge in [0.2, 0.25) is 5.95 Å². The normalized spacial score (nSPS) is 12.7. The quantitative estimate of drug-likeness (QED) is 0.412. The molecule has 0 radical (unpaired) electrons. The predicted octanol–water partition coefficient (Wildman–Crippen LogP) is 3.42. The van der Waals surface area contributed by atoms with E-state index in [9.17, 15) is 9.18 Å². The average Bonchev–Trinajstić information content (AvgIpc) is 2.80. The fraction of sp³-hybridized carbons (Fsp3) is 0.143. The minimum absolute atomic E-state index is 0.00275. The number of hydrogen-bond donors (Lipinski definition) is 3. The van der Waals surface area contributed by atoms with Crippen LogP contribution in [0.3, 0.4) is 0 Å². The highest BCUT2D eigenvalue weighted by atomic mass is 19.1. The van der Waals surface area contributed by atoms with Crippen molar-refractivity contribution in [3.05, 3.63) is 60.0 Å². The molecule has 3 N–H and O–H groups in total. The summed E-state index contributed by atoms with van der Waals surface area (Å²) in [6.07, 6.45) is 3.00. The topological polar surface area (TPSA) is 110 Å². The summed E-state index contributed by atoms with van der Waals surface area (Å²) in [5.74, 6) is -0.144. The second-order valence-corrected chi connectivity index (χ2v) is 6.54. The monoisotopic (exact) mass is 422 g/mol. The molecule has 9 nitrogen and oxygen atoms in total. The third-order valence-corrected chi connectivity index (χ3v) is 4.36. The molecule has 3 aromatic rings. The number of nitrogens with zero attached hydrogens (tertiary/aromatic N) is 3. The van der Waals surface area contributed by atoms with Gasteiger partial charge >= 0.3 is 0 Å². The molecule has 4 rings (SSSR count). The Balaban J connectivity index is 1.51. The molecule has 0 fully saturated rings. The molecule has 1 aliphatic heterocycles. The maximum absolute atomic E-state index is 14.3. The van der Waals surface area contributed by atoms with E-state index >= 15 is 0 Å². The molecular weight excluding hydrogens is 403 g/mol. The fourth-order valence-corrected chi connectivity index (χ4v) is 2.82. The number of anilines is 4. The average molecular weight is 422 g/mol. The van der Waals surface area contributed by atoms with Gasteiger partial charge in [0, 0.05) is 36.5 Å². The molecule has 1 aliphatic rings. The molecule has 0 saturated carbocycles. The lowest BCUT2D eigenvalue weighted by Crippen LogP contribution is -2.18. The molecule has 2 heterocycles. The molecule has 0 bridgehead atoms. The van der Waals surface area contributed by atoms with Crippen molar-refractivity contribution in [3.63, 3.8) is 0 Å². The Bertz CT molecular complexity index is 1140. The number of aliphatic imine (C=N–C) groups is 1. The molecule has 0 saturated heterocycles. The lowest BCUT2D eigenvalue weighted by Gasteiger charge is -2.17. The largest absolute Gasteiger partial charge is 0.354 e. The van der Waals surface area contributed by atoms with E-state index in [1.807, 2.05) is 12.1 Å². The van der Waals surface area contributed by atoms with Gasteiger partial charge in [-0.05, 0) is 24.3 Å². The van der Waals surface area contributed by atoms with E-state index in [1.165, 1.54) is 13.3 Å². The number of amides is 1. The van der Waals surface area contributed by atoms with Crippen molar-refractivity contribution >= 4 is 41.0 Å². The number of carbonyl (C=O) groups is 1. The second-order valence-electron chi connectivity index (χ2n) is 6.54. The molecule has 0 unspecified atom stereocenters. The first-order chi connectivity index (χ1) is 15.1. The summed E-state index contributed by atoms with van der Waals surface area (Å²) >= 11 is 0. The van der Waals surface area contributed by atoms with Crippen LogP contribution in [0.25, 0.3) is 0 Å². The van der Waals surface area contributed by atoms with Crippen molar-refractivity contribution in [1.82, 2.24) is 15.3 Å². The first kappa shape index (κ1) is 20.2. The molecule has 10 heteroatoms. The first-order valence-electron chi connectivity index (χ1n) is 9.45. The van der Waals surface area contributed by atoms with Gasteiger partial charge in [0.1, 0.15) is 0 Å². The molecular formula is C21H19FN6O3. The summed E-state index contributed by atoms with van der Waals surface area (Å²) in [7, 11) is 1.52. The third kappa shape index (κ3) is 5.11. The van der Waals surface area contributed by atoms with Gasteiger partial charge in [-0.25, -0.2) is 9.37 Å². The van der Waals surface area contributed by atoms with Crippen molar-refractivity contribution in [2.24, 2.45) is 4.99 Å². The van der Waals surface area contributed by atoms with Crippen LogP contribution in [0.5, 0.6) is 5.75 Å². The number of carbonyl (C=O) groups excluding carboxylic acids is 1. The summed E-state index contributed by atoms with van der Waals surface area (Å²) < 4.78 is 14.3. The zero-order valence-corrected chi connectivity index (χ0v) is 16.6. The summed E-state index contributed by atoms with van der Waals surface area (Å²) in [6, 6.07) is 12.4. The highest BCUT2D eigenvalue weighted by Gasteiger charge is 2.14. The molecule has 0 aliphatic carbocycles. The lowest BCUT2D eigenvalue weighted by atomic mass is 10.1. The van der Waals surface area contributed by atoms with Crippen LogP contribution < -0.4 is 20.8 Å². The SMILES string of the molecule is CNC(=O)C=Nc1cccc(Nc2ncc(F)c(Nc3ccc4c(c3)OOCC4)n2)c1. The summed E-state index contributed by atoms with van der Waals surface area (Å²) in [5, 5.41) is 8.39. The van der Waals surface area contributed by atoms with Gasteiger partial charge in [-0.3, -0.25) is 9.79 Å². The van der Waals surface area contributed by atoms with Crippen LogP contribution in [0.2, 0.25) is 0 Å². The minimum Gasteiger partial charge on any atom is -0.354 e. The number of aromatic nitrogens is 2. The van der Waals surface area contributed by atoms with Crippen LogP contribution in [0.4, 0.5) is 33.2 Å². The number of fused-ring (bicyclic) bond motifs is 1. The van der Waals surface area contributed by atoms with Crippen molar-refractivity contribution in [3.8, 4) is 5.75 Å². The van der Waals surface area contributed by atoms with E-state index in [4.69, 9.17) is 9.78 Å². The maximum Gasteiger partial charge on any atom is 0.262 e. The number of rotatable bonds is 6. The van der Waals surface area contributed by atoms with Crippen molar-refractivity contribution < 1.29 is 19.0 Å². The number of benzene rings is 2. The Morgan fingerprint density at radius 1 is 1.19 bits per heavy atom. The van der Waals surface area contributed by atoms with Crippen LogP contribution in [0.15, 0.2) is 53.7 Å². The lowest BCUT2D eigenvalue weighted by molar-refractivity contribution is -0.215. The van der Waals surface area contributed by atoms with Crippen molar-refractivity contribution in [1.29, 1.82) is 0 Å². The van der Waals surface area contributed by atoms with Gasteiger partial charge in [0.15, 0.2) is 17.4 Å². The van der Waals surface area contributed by atoms with Crippen molar-refractivity contribution in [2.45, 2.75) is 6.42 Å². The Kier molecular flexibility index (Phi) is 5.99. The number of halogens is 1. The van der Waals surface area contributed by atoms with E-state index in [-0.39, 0.29) is 17.7 Å². The van der Waals surface area contributed by atoms with Gasteiger partial charge in [-0.2, -0.15) is 9.87 Å². The van der Waals surface area contributed by atoms with Crippen LogP contribution in [-0.4, -0.2) is 35.7 Å². The smallest absolute Gasteiger partial charge is 0.262 e. The third-order valence-electron chi connectivity index (χ3n) is 4.36. The maximum atomic E-state index is 14.3. The van der Waals surface area contributed by atoms with Crippen LogP contribution in [0.1, 0.15) is 5.56 Å². The molecule has 2 aromatic carbocycles.